The molecule has 0 saturated carbocycles. The molecule has 7 aromatic rings. The van der Waals surface area contributed by atoms with Crippen molar-refractivity contribution in [1.29, 1.82) is 0 Å². The maximum absolute atomic E-state index is 14.7. The third-order valence-corrected chi connectivity index (χ3v) is 14.4. The van der Waals surface area contributed by atoms with Crippen molar-refractivity contribution in [3.8, 4) is 61.8 Å². The molecular weight excluding hydrogens is 663 g/mol. The summed E-state index contributed by atoms with van der Waals surface area (Å²) in [6.45, 7) is 7.12. The SMILES string of the molecule is COc1ccc(-c2c3c4c(c([Si](C)(C)C)c5c3c(c3[se]c6ccccc6c23)-c2cc(OC)c(OC)cc2-5)C(=O)c2ccccc2-4)cc1. The van der Waals surface area contributed by atoms with Crippen LogP contribution in [0.2, 0.25) is 19.6 Å². The zero-order chi connectivity index (χ0) is 32.4. The molecule has 2 aliphatic rings. The summed E-state index contributed by atoms with van der Waals surface area (Å²) in [5, 5.41) is 6.22. The first-order chi connectivity index (χ1) is 22.8. The topological polar surface area (TPSA) is 44.8 Å². The normalized spacial score (nSPS) is 12.9. The number of hydrogen-bond donors (Lipinski definition) is 0. The standard InChI is InChI=1S/C41H32O4SeSi/c1-43-22-17-15-21(16-18-22)31-33-25-13-9-10-14-30(25)46-40(33)34-26-19-28(44-2)29(45-3)20-27(26)35-37(34)36(31)32-23-11-7-8-12-24(23)39(42)38(32)41(35)47(4,5)6/h7-20H,1-6H3. The van der Waals surface area contributed by atoms with Crippen LogP contribution in [-0.4, -0.2) is 49.7 Å². The monoisotopic (exact) mass is 696 g/mol. The summed E-state index contributed by atoms with van der Waals surface area (Å²) in [6.07, 6.45) is 0. The van der Waals surface area contributed by atoms with Gasteiger partial charge in [-0.05, 0) is 0 Å². The molecule has 0 unspecified atom stereocenters. The molecule has 0 fully saturated rings. The van der Waals surface area contributed by atoms with Crippen molar-refractivity contribution in [2.24, 2.45) is 0 Å². The van der Waals surface area contributed by atoms with E-state index in [1.165, 1.54) is 52.1 Å². The van der Waals surface area contributed by atoms with Gasteiger partial charge in [-0.2, -0.15) is 0 Å². The maximum atomic E-state index is 14.7. The van der Waals surface area contributed by atoms with Gasteiger partial charge in [0.15, 0.2) is 0 Å². The first kappa shape index (κ1) is 28.6. The molecule has 230 valence electrons. The van der Waals surface area contributed by atoms with Crippen molar-refractivity contribution >= 4 is 63.6 Å². The predicted molar refractivity (Wildman–Crippen MR) is 197 cm³/mol. The van der Waals surface area contributed by atoms with Gasteiger partial charge in [0.25, 0.3) is 0 Å². The summed E-state index contributed by atoms with van der Waals surface area (Å²) < 4.78 is 20.2. The van der Waals surface area contributed by atoms with Crippen LogP contribution >= 0.6 is 0 Å². The number of ketones is 1. The molecule has 0 saturated heterocycles. The van der Waals surface area contributed by atoms with Gasteiger partial charge in [-0.15, -0.1) is 0 Å². The van der Waals surface area contributed by atoms with Crippen LogP contribution in [-0.2, 0) is 0 Å². The van der Waals surface area contributed by atoms with Crippen molar-refractivity contribution in [2.75, 3.05) is 21.3 Å². The van der Waals surface area contributed by atoms with Crippen LogP contribution in [0.5, 0.6) is 17.2 Å². The summed E-state index contributed by atoms with van der Waals surface area (Å²) in [4.78, 5) is 14.7. The number of fused-ring (bicyclic) bond motifs is 11. The van der Waals surface area contributed by atoms with Crippen molar-refractivity contribution in [3.05, 3.63) is 96.1 Å². The van der Waals surface area contributed by atoms with Crippen LogP contribution < -0.4 is 19.4 Å². The molecule has 4 nitrogen and oxygen atoms in total. The van der Waals surface area contributed by atoms with E-state index >= 15 is 0 Å². The molecular formula is C41H32O4SeSi. The van der Waals surface area contributed by atoms with E-state index in [0.717, 1.165) is 44.5 Å². The van der Waals surface area contributed by atoms with Gasteiger partial charge in [0.05, 0.1) is 0 Å². The third kappa shape index (κ3) is 3.72. The fourth-order valence-corrected chi connectivity index (χ4v) is 12.8. The number of hydrogen-bond acceptors (Lipinski definition) is 4. The van der Waals surface area contributed by atoms with Gasteiger partial charge < -0.3 is 0 Å². The third-order valence-electron chi connectivity index (χ3n) is 9.93. The summed E-state index contributed by atoms with van der Waals surface area (Å²) in [5.41, 5.74) is 10.9. The van der Waals surface area contributed by atoms with E-state index in [9.17, 15) is 4.79 Å². The second kappa shape index (κ2) is 9.95. The number of rotatable bonds is 5. The predicted octanol–water partition coefficient (Wildman–Crippen LogP) is 9.30. The van der Waals surface area contributed by atoms with E-state index in [0.29, 0.717) is 11.5 Å². The Morgan fingerprint density at radius 1 is 0.574 bits per heavy atom. The van der Waals surface area contributed by atoms with Crippen LogP contribution in [0.25, 0.3) is 74.6 Å². The second-order valence-corrected chi connectivity index (χ2v) is 20.6. The molecule has 0 spiro atoms. The van der Waals surface area contributed by atoms with Crippen LogP contribution in [0, 0.1) is 0 Å². The summed E-state index contributed by atoms with van der Waals surface area (Å²) in [7, 11) is 2.97. The van der Waals surface area contributed by atoms with E-state index in [1.807, 2.05) is 24.3 Å². The quantitative estimate of drug-likeness (QED) is 0.169. The van der Waals surface area contributed by atoms with E-state index in [1.54, 1.807) is 21.3 Å². The zero-order valence-electron chi connectivity index (χ0n) is 27.1. The average molecular weight is 696 g/mol. The van der Waals surface area contributed by atoms with Gasteiger partial charge in [0.2, 0.25) is 0 Å². The Kier molecular flexibility index (Phi) is 6.05. The van der Waals surface area contributed by atoms with Gasteiger partial charge >= 0.3 is 281 Å². The minimum absolute atomic E-state index is 0.0782. The molecule has 2 aliphatic carbocycles. The molecule has 0 amide bonds. The molecule has 47 heavy (non-hydrogen) atoms. The van der Waals surface area contributed by atoms with Gasteiger partial charge in [-0.25, -0.2) is 0 Å². The van der Waals surface area contributed by atoms with Crippen molar-refractivity contribution in [3.63, 3.8) is 0 Å². The number of methoxy groups -OCH3 is 3. The van der Waals surface area contributed by atoms with Crippen molar-refractivity contribution in [2.45, 2.75) is 19.6 Å². The second-order valence-electron chi connectivity index (χ2n) is 13.4. The summed E-state index contributed by atoms with van der Waals surface area (Å²) in [6, 6.07) is 29.9. The Labute approximate surface area is 280 Å². The Bertz CT molecular complexity index is 2520. The van der Waals surface area contributed by atoms with Crippen molar-refractivity contribution in [1.82, 2.24) is 0 Å². The molecule has 1 aromatic heterocycles. The van der Waals surface area contributed by atoms with Crippen LogP contribution in [0.3, 0.4) is 0 Å². The summed E-state index contributed by atoms with van der Waals surface area (Å²) in [5.74, 6) is 2.36. The van der Waals surface area contributed by atoms with Crippen LogP contribution in [0.4, 0.5) is 0 Å². The van der Waals surface area contributed by atoms with E-state index < -0.39 is 8.07 Å². The molecule has 6 heteroatoms. The number of carbonyl (C=O) groups is 1. The number of benzene rings is 6. The minimum atomic E-state index is -2.14. The molecule has 0 radical (unpaired) electrons. The van der Waals surface area contributed by atoms with Crippen LogP contribution in [0.1, 0.15) is 15.9 Å². The van der Waals surface area contributed by atoms with Gasteiger partial charge in [-0.3, -0.25) is 0 Å². The fraction of sp³-hybridized carbons (Fsp3) is 0.146. The van der Waals surface area contributed by atoms with Crippen molar-refractivity contribution < 1.29 is 19.0 Å². The number of carbonyl (C=O) groups excluding carboxylic acids is 1. The molecule has 0 bridgehead atoms. The van der Waals surface area contributed by atoms with E-state index in [2.05, 4.69) is 80.3 Å². The first-order valence-corrected chi connectivity index (χ1v) is 21.0. The summed E-state index contributed by atoms with van der Waals surface area (Å²) >= 11 is 0.0782. The first-order valence-electron chi connectivity index (χ1n) is 15.8. The molecule has 0 aliphatic heterocycles. The van der Waals surface area contributed by atoms with E-state index in [4.69, 9.17) is 14.2 Å². The molecule has 1 heterocycles. The van der Waals surface area contributed by atoms with Gasteiger partial charge in [0, 0.05) is 0 Å². The Morgan fingerprint density at radius 3 is 1.85 bits per heavy atom. The van der Waals surface area contributed by atoms with Crippen LogP contribution in [0.15, 0.2) is 84.9 Å². The zero-order valence-corrected chi connectivity index (χ0v) is 29.8. The molecule has 0 atom stereocenters. The van der Waals surface area contributed by atoms with Gasteiger partial charge in [-0.1, -0.05) is 0 Å². The molecule has 0 N–H and O–H groups in total. The Hall–Kier alpha value is -4.61. The Balaban J connectivity index is 1.64. The molecule has 6 aromatic carbocycles. The van der Waals surface area contributed by atoms with Gasteiger partial charge in [0.1, 0.15) is 0 Å². The Morgan fingerprint density at radius 2 is 1.19 bits per heavy atom. The fourth-order valence-electron chi connectivity index (χ4n) is 8.10. The molecule has 9 rings (SSSR count). The van der Waals surface area contributed by atoms with E-state index in [-0.39, 0.29) is 20.3 Å². The number of ether oxygens (including phenoxy) is 3. The average Bonchev–Trinajstić information content (AvgIpc) is 3.72.